The first-order valence-electron chi connectivity index (χ1n) is 3.95. The van der Waals surface area contributed by atoms with Gasteiger partial charge in [-0.2, -0.15) is 0 Å². The normalized spacial score (nSPS) is 12.9. The van der Waals surface area contributed by atoms with Gasteiger partial charge >= 0.3 is 87.6 Å². The van der Waals surface area contributed by atoms with Crippen molar-refractivity contribution in [1.29, 1.82) is 0 Å². The zero-order valence-electron chi connectivity index (χ0n) is 7.70. The summed E-state index contributed by atoms with van der Waals surface area (Å²) < 4.78 is 1.58. The Morgan fingerprint density at radius 1 is 1.17 bits per heavy atom. The molecule has 1 atom stereocenters. The molecule has 66 valence electrons. The van der Waals surface area contributed by atoms with Crippen molar-refractivity contribution in [2.45, 2.75) is 23.4 Å². The van der Waals surface area contributed by atoms with Gasteiger partial charge in [0.15, 0.2) is 0 Å². The van der Waals surface area contributed by atoms with Crippen molar-refractivity contribution in [2.75, 3.05) is 0 Å². The molecule has 0 nitrogen and oxygen atoms in total. The SMILES string of the molecule is C[Se]c1ccccc1[C@H](C)[Se]C. The third-order valence-electron chi connectivity index (χ3n) is 1.93. The van der Waals surface area contributed by atoms with Crippen LogP contribution in [0.1, 0.15) is 17.3 Å². The van der Waals surface area contributed by atoms with Crippen LogP contribution in [-0.2, 0) is 0 Å². The molecule has 2 heteroatoms. The molecule has 0 spiro atoms. The molecule has 1 rings (SSSR count). The van der Waals surface area contributed by atoms with Crippen LogP contribution in [0, 0.1) is 0 Å². The number of rotatable bonds is 3. The van der Waals surface area contributed by atoms with Gasteiger partial charge in [-0.25, -0.2) is 0 Å². The van der Waals surface area contributed by atoms with Gasteiger partial charge in [-0.15, -0.1) is 0 Å². The molecule has 0 saturated heterocycles. The van der Waals surface area contributed by atoms with Crippen molar-refractivity contribution < 1.29 is 0 Å². The first-order chi connectivity index (χ1) is 5.79. The molecule has 0 radical (unpaired) electrons. The summed E-state index contributed by atoms with van der Waals surface area (Å²) in [6, 6.07) is 8.88. The van der Waals surface area contributed by atoms with Gasteiger partial charge < -0.3 is 0 Å². The van der Waals surface area contributed by atoms with Crippen LogP contribution in [0.25, 0.3) is 0 Å². The van der Waals surface area contributed by atoms with Crippen molar-refractivity contribution in [1.82, 2.24) is 0 Å². The van der Waals surface area contributed by atoms with E-state index < -0.39 is 0 Å². The fourth-order valence-corrected chi connectivity index (χ4v) is 3.93. The molecule has 0 aliphatic rings. The van der Waals surface area contributed by atoms with Crippen molar-refractivity contribution in [3.8, 4) is 0 Å². The second kappa shape index (κ2) is 5.09. The van der Waals surface area contributed by atoms with E-state index in [9.17, 15) is 0 Å². The van der Waals surface area contributed by atoms with Crippen LogP contribution in [0.3, 0.4) is 0 Å². The maximum atomic E-state index is 2.34. The van der Waals surface area contributed by atoms with Crippen LogP contribution in [0.15, 0.2) is 24.3 Å². The quantitative estimate of drug-likeness (QED) is 0.746. The van der Waals surface area contributed by atoms with Crippen LogP contribution in [0.2, 0.25) is 11.6 Å². The van der Waals surface area contributed by atoms with Gasteiger partial charge in [0.25, 0.3) is 0 Å². The average molecular weight is 292 g/mol. The summed E-state index contributed by atoms with van der Waals surface area (Å²) in [7, 11) is 0. The predicted octanol–water partition coefficient (Wildman–Crippen LogP) is 1.88. The second-order valence-corrected chi connectivity index (χ2v) is 6.87. The molecule has 0 aliphatic carbocycles. The number of hydrogen-bond acceptors (Lipinski definition) is 0. The van der Waals surface area contributed by atoms with E-state index in [-0.39, 0.29) is 0 Å². The first-order valence-corrected chi connectivity index (χ1v) is 9.22. The van der Waals surface area contributed by atoms with Crippen molar-refractivity contribution in [3.63, 3.8) is 0 Å². The minimum absolute atomic E-state index is 0.649. The fraction of sp³-hybridized carbons (Fsp3) is 0.400. The Morgan fingerprint density at radius 2 is 1.83 bits per heavy atom. The molecule has 0 heterocycles. The zero-order valence-corrected chi connectivity index (χ0v) is 11.1. The van der Waals surface area contributed by atoms with E-state index >= 15 is 0 Å². The fourth-order valence-electron chi connectivity index (χ4n) is 1.13. The maximum absolute atomic E-state index is 2.34. The second-order valence-electron chi connectivity index (χ2n) is 2.62. The molecular weight excluding hydrogens is 278 g/mol. The molecule has 0 aromatic heterocycles. The summed E-state index contributed by atoms with van der Waals surface area (Å²) in [5, 5.41) is 0. The Bertz CT molecular complexity index is 245. The summed E-state index contributed by atoms with van der Waals surface area (Å²) in [5.41, 5.74) is 1.59. The molecule has 0 saturated carbocycles. The summed E-state index contributed by atoms with van der Waals surface area (Å²) in [5.74, 6) is 4.61. The number of hydrogen-bond donors (Lipinski definition) is 0. The van der Waals surface area contributed by atoms with Gasteiger partial charge in [-0.1, -0.05) is 0 Å². The molecule has 12 heavy (non-hydrogen) atoms. The third-order valence-corrected chi connectivity index (χ3v) is 5.65. The molecule has 1 aromatic carbocycles. The van der Waals surface area contributed by atoms with Gasteiger partial charge in [-0.05, 0) is 0 Å². The Balaban J connectivity index is 2.96. The topological polar surface area (TPSA) is 0 Å². The molecule has 0 aliphatic heterocycles. The van der Waals surface area contributed by atoms with E-state index in [2.05, 4.69) is 42.8 Å². The Hall–Kier alpha value is 0.259. The monoisotopic (exact) mass is 294 g/mol. The third kappa shape index (κ3) is 2.37. The van der Waals surface area contributed by atoms with E-state index in [1.165, 1.54) is 0 Å². The van der Waals surface area contributed by atoms with Gasteiger partial charge in [0.05, 0.1) is 0 Å². The van der Waals surface area contributed by atoms with E-state index in [1.54, 1.807) is 10.0 Å². The number of benzene rings is 1. The first kappa shape index (κ1) is 10.3. The summed E-state index contributed by atoms with van der Waals surface area (Å²) >= 11 is 1.39. The molecule has 0 fully saturated rings. The molecule has 0 unspecified atom stereocenters. The van der Waals surface area contributed by atoms with E-state index in [1.807, 2.05) is 0 Å². The molecule has 0 bridgehead atoms. The van der Waals surface area contributed by atoms with E-state index in [0.717, 1.165) is 19.8 Å². The van der Waals surface area contributed by atoms with Gasteiger partial charge in [0.1, 0.15) is 0 Å². The molecule has 0 amide bonds. The van der Waals surface area contributed by atoms with Crippen LogP contribution in [-0.4, -0.2) is 29.9 Å². The van der Waals surface area contributed by atoms with Crippen LogP contribution < -0.4 is 4.46 Å². The predicted molar refractivity (Wildman–Crippen MR) is 57.7 cm³/mol. The van der Waals surface area contributed by atoms with Crippen molar-refractivity contribution in [3.05, 3.63) is 29.8 Å². The van der Waals surface area contributed by atoms with E-state index in [4.69, 9.17) is 0 Å². The van der Waals surface area contributed by atoms with Gasteiger partial charge in [-0.3, -0.25) is 0 Å². The molecular formula is C10H14Se2. The minimum atomic E-state index is 0.649. The molecule has 0 N–H and O–H groups in total. The standard InChI is InChI=1S/C10H14Se2/c1-8(11-2)9-6-4-5-7-10(9)12-3/h4-8H,1-3H3/t8-/m0/s1. The summed E-state index contributed by atoms with van der Waals surface area (Å²) in [6.45, 7) is 2.34. The van der Waals surface area contributed by atoms with E-state index in [0.29, 0.717) is 15.0 Å². The Kier molecular flexibility index (Phi) is 4.39. The summed E-state index contributed by atoms with van der Waals surface area (Å²) in [6.07, 6.45) is 0. The van der Waals surface area contributed by atoms with Crippen LogP contribution >= 0.6 is 0 Å². The zero-order chi connectivity index (χ0) is 8.97. The van der Waals surface area contributed by atoms with Gasteiger partial charge in [0.2, 0.25) is 0 Å². The Morgan fingerprint density at radius 3 is 2.42 bits per heavy atom. The van der Waals surface area contributed by atoms with Crippen molar-refractivity contribution in [2.24, 2.45) is 0 Å². The van der Waals surface area contributed by atoms with Crippen molar-refractivity contribution >= 4 is 34.4 Å². The molecule has 1 aromatic rings. The van der Waals surface area contributed by atoms with Gasteiger partial charge in [0, 0.05) is 0 Å². The average Bonchev–Trinajstić information content (AvgIpc) is 2.16. The van der Waals surface area contributed by atoms with Crippen LogP contribution in [0.4, 0.5) is 0 Å². The Labute approximate surface area is 87.5 Å². The van der Waals surface area contributed by atoms with Crippen LogP contribution in [0.5, 0.6) is 0 Å². The summed E-state index contributed by atoms with van der Waals surface area (Å²) in [4.78, 5) is 0.788.